The van der Waals surface area contributed by atoms with Crippen molar-refractivity contribution in [2.24, 2.45) is 11.8 Å². The van der Waals surface area contributed by atoms with Gasteiger partial charge in [-0.15, -0.1) is 0 Å². The number of rotatable bonds is 5. The smallest absolute Gasteiger partial charge is 0.407 e. The van der Waals surface area contributed by atoms with Gasteiger partial charge in [-0.05, 0) is 33.1 Å². The van der Waals surface area contributed by atoms with Crippen molar-refractivity contribution in [2.75, 3.05) is 6.54 Å². The maximum Gasteiger partial charge on any atom is 0.407 e. The molecule has 1 amide bonds. The molecule has 0 spiro atoms. The molecule has 1 unspecified atom stereocenters. The average molecular weight is 241 g/mol. The Labute approximate surface area is 103 Å². The zero-order valence-electron chi connectivity index (χ0n) is 11.0. The minimum Gasteiger partial charge on any atom is -0.444 e. The van der Waals surface area contributed by atoms with Crippen LogP contribution in [-0.4, -0.2) is 24.5 Å². The summed E-state index contributed by atoms with van der Waals surface area (Å²) in [5.41, 5.74) is -0.491. The molecular weight excluding hydrogens is 218 g/mol. The Balaban J connectivity index is 2.22. The van der Waals surface area contributed by atoms with E-state index in [0.717, 1.165) is 12.7 Å². The minimum atomic E-state index is -0.491. The van der Waals surface area contributed by atoms with Gasteiger partial charge in [0.05, 0.1) is 0 Å². The highest BCUT2D eigenvalue weighted by atomic mass is 16.6. The molecule has 1 saturated carbocycles. The first-order valence-corrected chi connectivity index (χ1v) is 6.33. The van der Waals surface area contributed by atoms with Crippen LogP contribution in [0.2, 0.25) is 0 Å². The lowest BCUT2D eigenvalue weighted by Crippen LogP contribution is -2.36. The number of carbonyl (C=O) groups is 2. The molecule has 4 nitrogen and oxygen atoms in total. The number of ether oxygens (including phenoxy) is 1. The molecule has 1 fully saturated rings. The molecule has 4 heteroatoms. The number of hydrogen-bond acceptors (Lipinski definition) is 3. The van der Waals surface area contributed by atoms with Gasteiger partial charge in [-0.1, -0.05) is 19.3 Å². The van der Waals surface area contributed by atoms with Crippen molar-refractivity contribution in [3.05, 3.63) is 0 Å². The highest BCUT2D eigenvalue weighted by molar-refractivity contribution is 5.68. The third-order valence-corrected chi connectivity index (χ3v) is 2.96. The minimum absolute atomic E-state index is 0.0761. The van der Waals surface area contributed by atoms with Crippen LogP contribution < -0.4 is 5.32 Å². The maximum atomic E-state index is 11.4. The third kappa shape index (κ3) is 5.71. The molecule has 1 aliphatic carbocycles. The lowest BCUT2D eigenvalue weighted by molar-refractivity contribution is -0.111. The summed E-state index contributed by atoms with van der Waals surface area (Å²) in [6.45, 7) is 5.84. The fourth-order valence-electron chi connectivity index (χ4n) is 1.87. The first-order chi connectivity index (χ1) is 7.90. The van der Waals surface area contributed by atoms with Gasteiger partial charge in [0, 0.05) is 12.5 Å². The van der Waals surface area contributed by atoms with Crippen molar-refractivity contribution in [3.63, 3.8) is 0 Å². The summed E-state index contributed by atoms with van der Waals surface area (Å²) < 4.78 is 5.11. The molecule has 0 aromatic heterocycles. The Bertz CT molecular complexity index is 266. The van der Waals surface area contributed by atoms with E-state index >= 15 is 0 Å². The van der Waals surface area contributed by atoms with Gasteiger partial charge in [0.25, 0.3) is 0 Å². The third-order valence-electron chi connectivity index (χ3n) is 2.96. The molecule has 1 N–H and O–H groups in total. The monoisotopic (exact) mass is 241 g/mol. The SMILES string of the molecule is CC(C)(C)OC(=O)NCC(C=O)CC1CCC1. The van der Waals surface area contributed by atoms with Crippen molar-refractivity contribution >= 4 is 12.4 Å². The number of alkyl carbamates (subject to hydrolysis) is 1. The molecule has 0 bridgehead atoms. The summed E-state index contributed by atoms with van der Waals surface area (Å²) in [6.07, 6.45) is 5.09. The molecule has 0 heterocycles. The second-order valence-corrected chi connectivity index (χ2v) is 5.81. The summed E-state index contributed by atoms with van der Waals surface area (Å²) in [5.74, 6) is 0.596. The number of nitrogens with one attached hydrogen (secondary N) is 1. The topological polar surface area (TPSA) is 55.4 Å². The Morgan fingerprint density at radius 2 is 2.12 bits per heavy atom. The molecule has 17 heavy (non-hydrogen) atoms. The van der Waals surface area contributed by atoms with E-state index in [1.54, 1.807) is 0 Å². The van der Waals surface area contributed by atoms with E-state index in [2.05, 4.69) is 5.32 Å². The van der Waals surface area contributed by atoms with Crippen LogP contribution in [0.3, 0.4) is 0 Å². The Kier molecular flexibility index (Phi) is 4.97. The number of carbonyl (C=O) groups excluding carboxylic acids is 2. The summed E-state index contributed by atoms with van der Waals surface area (Å²) in [5, 5.41) is 2.65. The quantitative estimate of drug-likeness (QED) is 0.752. The predicted octanol–water partition coefficient (Wildman–Crippen LogP) is 2.52. The van der Waals surface area contributed by atoms with E-state index in [-0.39, 0.29) is 5.92 Å². The van der Waals surface area contributed by atoms with E-state index in [0.29, 0.717) is 12.5 Å². The highest BCUT2D eigenvalue weighted by Gasteiger charge is 2.23. The van der Waals surface area contributed by atoms with E-state index in [1.807, 2.05) is 20.8 Å². The summed E-state index contributed by atoms with van der Waals surface area (Å²) in [6, 6.07) is 0. The van der Waals surface area contributed by atoms with Crippen molar-refractivity contribution in [2.45, 2.75) is 52.1 Å². The number of amides is 1. The molecule has 1 atom stereocenters. The summed E-state index contributed by atoms with van der Waals surface area (Å²) in [7, 11) is 0. The van der Waals surface area contributed by atoms with Crippen molar-refractivity contribution in [1.29, 1.82) is 0 Å². The predicted molar refractivity (Wildman–Crippen MR) is 65.7 cm³/mol. The van der Waals surface area contributed by atoms with Crippen LogP contribution in [0.1, 0.15) is 46.5 Å². The summed E-state index contributed by atoms with van der Waals surface area (Å²) >= 11 is 0. The fraction of sp³-hybridized carbons (Fsp3) is 0.846. The van der Waals surface area contributed by atoms with Crippen molar-refractivity contribution in [3.8, 4) is 0 Å². The van der Waals surface area contributed by atoms with E-state index in [9.17, 15) is 9.59 Å². The van der Waals surface area contributed by atoms with Gasteiger partial charge in [0.1, 0.15) is 11.9 Å². The van der Waals surface area contributed by atoms with E-state index < -0.39 is 11.7 Å². The largest absolute Gasteiger partial charge is 0.444 e. The molecular formula is C13H23NO3. The van der Waals surface area contributed by atoms with Gasteiger partial charge in [0.2, 0.25) is 0 Å². The van der Waals surface area contributed by atoms with Crippen LogP contribution in [0.15, 0.2) is 0 Å². The second kappa shape index (κ2) is 6.03. The molecule has 98 valence electrons. The molecule has 0 aromatic carbocycles. The maximum absolute atomic E-state index is 11.4. The lowest BCUT2D eigenvalue weighted by Gasteiger charge is -2.27. The molecule has 0 aliphatic heterocycles. The van der Waals surface area contributed by atoms with Gasteiger partial charge < -0.3 is 14.8 Å². The fourth-order valence-corrected chi connectivity index (χ4v) is 1.87. The van der Waals surface area contributed by atoms with Crippen LogP contribution in [0.25, 0.3) is 0 Å². The zero-order valence-corrected chi connectivity index (χ0v) is 11.0. The van der Waals surface area contributed by atoms with Crippen LogP contribution in [0.5, 0.6) is 0 Å². The molecule has 0 saturated heterocycles. The van der Waals surface area contributed by atoms with Gasteiger partial charge >= 0.3 is 6.09 Å². The Morgan fingerprint density at radius 1 is 1.47 bits per heavy atom. The Hall–Kier alpha value is -1.06. The molecule has 0 aromatic rings. The molecule has 0 radical (unpaired) electrons. The first-order valence-electron chi connectivity index (χ1n) is 6.33. The van der Waals surface area contributed by atoms with E-state index in [1.165, 1.54) is 19.3 Å². The van der Waals surface area contributed by atoms with Crippen LogP contribution in [0, 0.1) is 11.8 Å². The lowest BCUT2D eigenvalue weighted by atomic mass is 9.79. The average Bonchev–Trinajstić information content (AvgIpc) is 2.12. The van der Waals surface area contributed by atoms with Gasteiger partial charge in [-0.25, -0.2) is 4.79 Å². The van der Waals surface area contributed by atoms with E-state index in [4.69, 9.17) is 4.74 Å². The molecule has 1 aliphatic rings. The first kappa shape index (κ1) is 14.0. The number of hydrogen-bond donors (Lipinski definition) is 1. The standard InChI is InChI=1S/C13H23NO3/c1-13(2,3)17-12(16)14-8-11(9-15)7-10-5-4-6-10/h9-11H,4-8H2,1-3H3,(H,14,16). The van der Waals surface area contributed by atoms with Gasteiger partial charge in [-0.3, -0.25) is 0 Å². The van der Waals surface area contributed by atoms with Crippen molar-refractivity contribution in [1.82, 2.24) is 5.32 Å². The second-order valence-electron chi connectivity index (χ2n) is 5.81. The van der Waals surface area contributed by atoms with Crippen molar-refractivity contribution < 1.29 is 14.3 Å². The zero-order chi connectivity index (χ0) is 12.9. The van der Waals surface area contributed by atoms with Gasteiger partial charge in [0.15, 0.2) is 0 Å². The van der Waals surface area contributed by atoms with Crippen LogP contribution in [0.4, 0.5) is 4.79 Å². The molecule has 1 rings (SSSR count). The summed E-state index contributed by atoms with van der Waals surface area (Å²) in [4.78, 5) is 22.3. The highest BCUT2D eigenvalue weighted by Crippen LogP contribution is 2.31. The number of aldehydes is 1. The van der Waals surface area contributed by atoms with Gasteiger partial charge in [-0.2, -0.15) is 0 Å². The normalized spacial score (nSPS) is 18.1. The van der Waals surface area contributed by atoms with Crippen LogP contribution >= 0.6 is 0 Å². The Morgan fingerprint density at radius 3 is 2.53 bits per heavy atom. The van der Waals surface area contributed by atoms with Crippen LogP contribution in [-0.2, 0) is 9.53 Å².